The third-order valence-corrected chi connectivity index (χ3v) is 8.33. The topological polar surface area (TPSA) is 68.6 Å². The van der Waals surface area contributed by atoms with Crippen LogP contribution < -0.4 is 10.5 Å². The summed E-state index contributed by atoms with van der Waals surface area (Å²) in [5, 5.41) is 11.5. The van der Waals surface area contributed by atoms with Gasteiger partial charge in [0.2, 0.25) is 0 Å². The summed E-state index contributed by atoms with van der Waals surface area (Å²) in [5.74, 6) is 1.56. The van der Waals surface area contributed by atoms with Crippen molar-refractivity contribution in [1.29, 1.82) is 0 Å². The van der Waals surface area contributed by atoms with Gasteiger partial charge in [-0.2, -0.15) is 0 Å². The number of fused-ring (bicyclic) bond motifs is 1. The van der Waals surface area contributed by atoms with Crippen molar-refractivity contribution in [3.8, 4) is 22.6 Å². The third-order valence-electron chi connectivity index (χ3n) is 8.33. The Labute approximate surface area is 237 Å². The molecule has 4 nitrogen and oxygen atoms in total. The van der Waals surface area contributed by atoms with Gasteiger partial charge in [-0.1, -0.05) is 115 Å². The normalized spacial score (nSPS) is 11.5. The van der Waals surface area contributed by atoms with E-state index in [4.69, 9.17) is 14.9 Å². The molecule has 0 aliphatic heterocycles. The molecule has 3 N–H and O–H groups in total. The lowest BCUT2D eigenvalue weighted by Crippen LogP contribution is -1.97. The Bertz CT molecular complexity index is 1130. The maximum Gasteiger partial charge on any atom is 0.199 e. The number of nitrogens with two attached hydrogens (primary N) is 1. The molecule has 0 aliphatic rings. The van der Waals surface area contributed by atoms with Gasteiger partial charge in [-0.15, -0.1) is 0 Å². The number of phenols is 1. The van der Waals surface area contributed by atoms with Crippen LogP contribution in [-0.2, 0) is 0 Å². The molecule has 39 heavy (non-hydrogen) atoms. The van der Waals surface area contributed by atoms with Crippen LogP contribution in [0.1, 0.15) is 126 Å². The number of unbranched alkanes of at least 4 members (excludes halogenated alkanes) is 15. The van der Waals surface area contributed by atoms with Crippen LogP contribution in [0.2, 0.25) is 0 Å². The molecule has 3 rings (SSSR count). The molecule has 0 saturated heterocycles. The van der Waals surface area contributed by atoms with Crippen molar-refractivity contribution >= 4 is 16.9 Å². The van der Waals surface area contributed by atoms with E-state index in [1.165, 1.54) is 96.3 Å². The van der Waals surface area contributed by atoms with E-state index in [-0.39, 0.29) is 0 Å². The lowest BCUT2D eigenvalue weighted by Gasteiger charge is -2.10. The fraction of sp³-hybridized carbons (Fsp3) is 0.600. The first-order valence-electron chi connectivity index (χ1n) is 15.7. The maximum absolute atomic E-state index is 10.6. The van der Waals surface area contributed by atoms with Gasteiger partial charge >= 0.3 is 0 Å². The Hall–Kier alpha value is -2.62. The number of aromatic hydroxyl groups is 1. The molecule has 0 spiro atoms. The van der Waals surface area contributed by atoms with Crippen LogP contribution in [0.15, 0.2) is 28.7 Å². The summed E-state index contributed by atoms with van der Waals surface area (Å²) in [4.78, 5) is 0. The first-order chi connectivity index (χ1) is 19.0. The molecular formula is C35H53NO3. The van der Waals surface area contributed by atoms with E-state index in [0.717, 1.165) is 57.6 Å². The average molecular weight is 536 g/mol. The zero-order valence-corrected chi connectivity index (χ0v) is 25.2. The molecule has 0 unspecified atom stereocenters. The van der Waals surface area contributed by atoms with Gasteiger partial charge in [0.25, 0.3) is 0 Å². The second-order valence-corrected chi connectivity index (χ2v) is 11.4. The number of ether oxygens (including phenoxy) is 1. The molecule has 3 aromatic rings. The number of aryl methyl sites for hydroxylation is 2. The van der Waals surface area contributed by atoms with Crippen molar-refractivity contribution < 1.29 is 14.3 Å². The van der Waals surface area contributed by atoms with E-state index < -0.39 is 0 Å². The van der Waals surface area contributed by atoms with Crippen LogP contribution >= 0.6 is 0 Å². The van der Waals surface area contributed by atoms with Crippen LogP contribution in [0.4, 0.5) is 5.88 Å². The Morgan fingerprint density at radius 3 is 1.67 bits per heavy atom. The molecule has 0 fully saturated rings. The molecule has 0 bridgehead atoms. The molecule has 1 heterocycles. The summed E-state index contributed by atoms with van der Waals surface area (Å²) in [7, 11) is 0. The number of nitrogen functional groups attached to an aromatic ring is 1. The minimum absolute atomic E-state index is 0.306. The first-order valence-corrected chi connectivity index (χ1v) is 15.7. The van der Waals surface area contributed by atoms with E-state index in [2.05, 4.69) is 6.92 Å². The van der Waals surface area contributed by atoms with Crippen LogP contribution in [0, 0.1) is 20.8 Å². The van der Waals surface area contributed by atoms with Crippen molar-refractivity contribution in [2.45, 2.75) is 130 Å². The number of hydrogen-bond acceptors (Lipinski definition) is 4. The van der Waals surface area contributed by atoms with E-state index in [9.17, 15) is 5.11 Å². The largest absolute Gasteiger partial charge is 0.507 e. The minimum atomic E-state index is 0.306. The lowest BCUT2D eigenvalue weighted by molar-refractivity contribution is 0.304. The Morgan fingerprint density at radius 2 is 1.15 bits per heavy atom. The van der Waals surface area contributed by atoms with Crippen molar-refractivity contribution in [2.24, 2.45) is 0 Å². The van der Waals surface area contributed by atoms with Gasteiger partial charge < -0.3 is 20.0 Å². The smallest absolute Gasteiger partial charge is 0.199 e. The average Bonchev–Trinajstić information content (AvgIpc) is 3.29. The number of rotatable bonds is 19. The first kappa shape index (κ1) is 30.9. The molecule has 0 radical (unpaired) electrons. The van der Waals surface area contributed by atoms with E-state index in [0.29, 0.717) is 11.6 Å². The highest BCUT2D eigenvalue weighted by molar-refractivity contribution is 6.04. The molecule has 216 valence electrons. The standard InChI is InChI=1S/C35H53NO3/c1-5-6-7-8-9-10-11-12-13-14-15-16-17-18-19-20-25-38-30-23-21-29(22-24-30)32-31-28(4)33(37)26(2)27(3)34(31)39-35(32)36/h21-24,37H,5-20,25,36H2,1-4H3. The molecule has 4 heteroatoms. The highest BCUT2D eigenvalue weighted by Gasteiger charge is 2.21. The Balaban J connectivity index is 1.29. The molecule has 0 aliphatic carbocycles. The fourth-order valence-electron chi connectivity index (χ4n) is 5.66. The van der Waals surface area contributed by atoms with Gasteiger partial charge in [0.05, 0.1) is 12.2 Å². The third kappa shape index (κ3) is 8.95. The Kier molecular flexibility index (Phi) is 13.1. The Morgan fingerprint density at radius 1 is 0.667 bits per heavy atom. The summed E-state index contributed by atoms with van der Waals surface area (Å²) < 4.78 is 11.9. The predicted molar refractivity (Wildman–Crippen MR) is 167 cm³/mol. The van der Waals surface area contributed by atoms with E-state index >= 15 is 0 Å². The summed E-state index contributed by atoms with van der Waals surface area (Å²) in [6.07, 6.45) is 22.0. The van der Waals surface area contributed by atoms with Crippen molar-refractivity contribution in [3.05, 3.63) is 41.0 Å². The predicted octanol–water partition coefficient (Wildman–Crippen LogP) is 11.0. The van der Waals surface area contributed by atoms with E-state index in [1.807, 2.05) is 45.0 Å². The number of anilines is 1. The lowest BCUT2D eigenvalue weighted by atomic mass is 9.95. The van der Waals surface area contributed by atoms with Gasteiger partial charge in [-0.25, -0.2) is 0 Å². The van der Waals surface area contributed by atoms with Gasteiger partial charge in [0.15, 0.2) is 5.88 Å². The zero-order valence-electron chi connectivity index (χ0n) is 25.2. The van der Waals surface area contributed by atoms with Crippen LogP contribution in [0.3, 0.4) is 0 Å². The number of furan rings is 1. The quantitative estimate of drug-likeness (QED) is 0.150. The summed E-state index contributed by atoms with van der Waals surface area (Å²) in [5.41, 5.74) is 11.4. The molecule has 0 atom stereocenters. The van der Waals surface area contributed by atoms with Crippen molar-refractivity contribution in [1.82, 2.24) is 0 Å². The molecule has 2 aromatic carbocycles. The van der Waals surface area contributed by atoms with Gasteiger partial charge in [-0.05, 0) is 56.0 Å². The van der Waals surface area contributed by atoms with Crippen molar-refractivity contribution in [2.75, 3.05) is 12.3 Å². The number of benzene rings is 2. The summed E-state index contributed by atoms with van der Waals surface area (Å²) >= 11 is 0. The highest BCUT2D eigenvalue weighted by atomic mass is 16.5. The number of phenolic OH excluding ortho intramolecular Hbond substituents is 1. The highest BCUT2D eigenvalue weighted by Crippen LogP contribution is 2.44. The second-order valence-electron chi connectivity index (χ2n) is 11.4. The second kappa shape index (κ2) is 16.5. The van der Waals surface area contributed by atoms with E-state index in [1.54, 1.807) is 0 Å². The van der Waals surface area contributed by atoms with Crippen LogP contribution in [-0.4, -0.2) is 11.7 Å². The number of hydrogen-bond donors (Lipinski definition) is 2. The molecule has 0 saturated carbocycles. The van der Waals surface area contributed by atoms with Gasteiger partial charge in [0.1, 0.15) is 17.1 Å². The van der Waals surface area contributed by atoms with Crippen molar-refractivity contribution in [3.63, 3.8) is 0 Å². The van der Waals surface area contributed by atoms with Crippen LogP contribution in [0.25, 0.3) is 22.1 Å². The molecule has 0 amide bonds. The molecular weight excluding hydrogens is 482 g/mol. The zero-order chi connectivity index (χ0) is 28.0. The summed E-state index contributed by atoms with van der Waals surface area (Å²) in [6, 6.07) is 8.04. The van der Waals surface area contributed by atoms with Crippen LogP contribution in [0.5, 0.6) is 11.5 Å². The SMILES string of the molecule is CCCCCCCCCCCCCCCCCCOc1ccc(-c2c(N)oc3c(C)c(C)c(O)c(C)c23)cc1. The minimum Gasteiger partial charge on any atom is -0.507 e. The monoisotopic (exact) mass is 535 g/mol. The fourth-order valence-corrected chi connectivity index (χ4v) is 5.66. The van der Waals surface area contributed by atoms with Gasteiger partial charge in [0, 0.05) is 10.9 Å². The van der Waals surface area contributed by atoms with Gasteiger partial charge in [-0.3, -0.25) is 0 Å². The maximum atomic E-state index is 10.6. The summed E-state index contributed by atoms with van der Waals surface area (Å²) in [6.45, 7) is 8.81. The molecule has 1 aromatic heterocycles.